The van der Waals surface area contributed by atoms with Gasteiger partial charge in [0.2, 0.25) is 5.91 Å². The van der Waals surface area contributed by atoms with Crippen molar-refractivity contribution in [2.24, 2.45) is 5.73 Å². The Labute approximate surface area is 78.5 Å². The average Bonchev–Trinajstić information content (AvgIpc) is 2.63. The van der Waals surface area contributed by atoms with E-state index < -0.39 is 6.10 Å². The molecule has 0 spiro atoms. The molecule has 0 aromatic carbocycles. The highest BCUT2D eigenvalue weighted by molar-refractivity contribution is 5.76. The van der Waals surface area contributed by atoms with E-state index in [1.54, 1.807) is 0 Å². The van der Waals surface area contributed by atoms with E-state index in [1.165, 1.54) is 0 Å². The smallest absolute Gasteiger partial charge is 0.220 e. The fraction of sp³-hybridized carbons (Fsp3) is 0.889. The zero-order chi connectivity index (χ0) is 9.84. The molecular formula is C9H18N2O2. The second-order valence-electron chi connectivity index (χ2n) is 3.62. The summed E-state index contributed by atoms with van der Waals surface area (Å²) in [7, 11) is 0. The van der Waals surface area contributed by atoms with E-state index in [2.05, 4.69) is 12.2 Å². The Morgan fingerprint density at radius 3 is 2.62 bits per heavy atom. The lowest BCUT2D eigenvalue weighted by molar-refractivity contribution is -0.121. The average molecular weight is 186 g/mol. The Balaban J connectivity index is 2.05. The van der Waals surface area contributed by atoms with Crippen LogP contribution in [0.1, 0.15) is 32.6 Å². The minimum absolute atomic E-state index is 0.00505. The molecule has 0 bridgehead atoms. The van der Waals surface area contributed by atoms with Crippen LogP contribution in [0.25, 0.3) is 0 Å². The lowest BCUT2D eigenvalue weighted by atomic mass is 10.2. The number of hydrogen-bond donors (Lipinski definition) is 3. The van der Waals surface area contributed by atoms with Gasteiger partial charge < -0.3 is 16.2 Å². The van der Waals surface area contributed by atoms with E-state index >= 15 is 0 Å². The van der Waals surface area contributed by atoms with Crippen molar-refractivity contribution in [3.8, 4) is 0 Å². The standard InChI is InChI=1S/C9H18N2O2/c1-2-3-4-5-6(12)11-8-7(10)9(8)13/h7-9,13H,2-5,10H2,1H3,(H,11,12). The van der Waals surface area contributed by atoms with Gasteiger partial charge in [0.15, 0.2) is 0 Å². The van der Waals surface area contributed by atoms with Gasteiger partial charge in [-0.15, -0.1) is 0 Å². The van der Waals surface area contributed by atoms with Gasteiger partial charge in [-0.3, -0.25) is 4.79 Å². The van der Waals surface area contributed by atoms with Gasteiger partial charge in [0.25, 0.3) is 0 Å². The van der Waals surface area contributed by atoms with E-state index in [0.29, 0.717) is 6.42 Å². The molecule has 1 amide bonds. The quantitative estimate of drug-likeness (QED) is 0.518. The number of aliphatic hydroxyl groups excluding tert-OH is 1. The van der Waals surface area contributed by atoms with Crippen LogP contribution in [-0.4, -0.2) is 29.2 Å². The highest BCUT2D eigenvalue weighted by atomic mass is 16.3. The van der Waals surface area contributed by atoms with Crippen LogP contribution >= 0.6 is 0 Å². The highest BCUT2D eigenvalue weighted by Gasteiger charge is 2.47. The van der Waals surface area contributed by atoms with Gasteiger partial charge in [0.1, 0.15) is 0 Å². The van der Waals surface area contributed by atoms with Gasteiger partial charge in [-0.25, -0.2) is 0 Å². The highest BCUT2D eigenvalue weighted by Crippen LogP contribution is 2.19. The summed E-state index contributed by atoms with van der Waals surface area (Å²) in [4.78, 5) is 11.2. The molecule has 0 saturated heterocycles. The predicted octanol–water partition coefficient (Wildman–Crippen LogP) is -0.247. The fourth-order valence-electron chi connectivity index (χ4n) is 1.29. The van der Waals surface area contributed by atoms with E-state index in [9.17, 15) is 4.79 Å². The Bertz CT molecular complexity index is 176. The van der Waals surface area contributed by atoms with Crippen LogP contribution < -0.4 is 11.1 Å². The summed E-state index contributed by atoms with van der Waals surface area (Å²) in [5.41, 5.74) is 5.45. The SMILES string of the molecule is CCCCCC(=O)NC1C(N)C1O. The molecule has 0 aromatic heterocycles. The molecule has 4 N–H and O–H groups in total. The number of nitrogens with one attached hydrogen (secondary N) is 1. The molecule has 1 fully saturated rings. The molecule has 13 heavy (non-hydrogen) atoms. The molecule has 1 aliphatic rings. The molecule has 3 unspecified atom stereocenters. The maximum Gasteiger partial charge on any atom is 0.220 e. The number of hydrogen-bond acceptors (Lipinski definition) is 3. The molecule has 4 nitrogen and oxygen atoms in total. The normalized spacial score (nSPS) is 31.5. The van der Waals surface area contributed by atoms with Crippen LogP contribution in [0.15, 0.2) is 0 Å². The minimum atomic E-state index is -0.532. The van der Waals surface area contributed by atoms with Gasteiger partial charge in [0.05, 0.1) is 18.2 Å². The van der Waals surface area contributed by atoms with Gasteiger partial charge >= 0.3 is 0 Å². The Morgan fingerprint density at radius 2 is 2.15 bits per heavy atom. The molecule has 0 aliphatic heterocycles. The van der Waals surface area contributed by atoms with Crippen molar-refractivity contribution in [3.63, 3.8) is 0 Å². The number of rotatable bonds is 5. The Morgan fingerprint density at radius 1 is 1.54 bits per heavy atom. The third-order valence-corrected chi connectivity index (χ3v) is 2.37. The van der Waals surface area contributed by atoms with Crippen molar-refractivity contribution >= 4 is 5.91 Å². The summed E-state index contributed by atoms with van der Waals surface area (Å²) in [6.07, 6.45) is 3.12. The first-order valence-electron chi connectivity index (χ1n) is 4.89. The third kappa shape index (κ3) is 2.97. The lowest BCUT2D eigenvalue weighted by Gasteiger charge is -2.02. The molecule has 4 heteroatoms. The van der Waals surface area contributed by atoms with Gasteiger partial charge in [-0.1, -0.05) is 19.8 Å². The fourth-order valence-corrected chi connectivity index (χ4v) is 1.29. The summed E-state index contributed by atoms with van der Waals surface area (Å²) in [6, 6.07) is -0.454. The summed E-state index contributed by atoms with van der Waals surface area (Å²) in [5, 5.41) is 11.8. The molecule has 0 aromatic rings. The molecule has 1 aliphatic carbocycles. The molecule has 0 radical (unpaired) electrons. The molecular weight excluding hydrogens is 168 g/mol. The minimum Gasteiger partial charge on any atom is -0.389 e. The van der Waals surface area contributed by atoms with E-state index in [4.69, 9.17) is 10.8 Å². The van der Waals surface area contributed by atoms with Crippen LogP contribution in [-0.2, 0) is 4.79 Å². The largest absolute Gasteiger partial charge is 0.389 e. The second kappa shape index (κ2) is 4.58. The van der Waals surface area contributed by atoms with E-state index in [-0.39, 0.29) is 18.0 Å². The first-order chi connectivity index (χ1) is 6.16. The lowest BCUT2D eigenvalue weighted by Crippen LogP contribution is -2.29. The predicted molar refractivity (Wildman–Crippen MR) is 50.1 cm³/mol. The number of carbonyl (C=O) groups excluding carboxylic acids is 1. The number of unbranched alkanes of at least 4 members (excludes halogenated alkanes) is 2. The van der Waals surface area contributed by atoms with E-state index in [0.717, 1.165) is 19.3 Å². The second-order valence-corrected chi connectivity index (χ2v) is 3.62. The van der Waals surface area contributed by atoms with Gasteiger partial charge in [-0.2, -0.15) is 0 Å². The number of carbonyl (C=O) groups is 1. The van der Waals surface area contributed by atoms with Crippen LogP contribution in [0.4, 0.5) is 0 Å². The number of nitrogens with two attached hydrogens (primary N) is 1. The zero-order valence-corrected chi connectivity index (χ0v) is 7.99. The van der Waals surface area contributed by atoms with Gasteiger partial charge in [-0.05, 0) is 6.42 Å². The molecule has 0 heterocycles. The monoisotopic (exact) mass is 186 g/mol. The Kier molecular flexibility index (Phi) is 3.69. The van der Waals surface area contributed by atoms with Crippen LogP contribution in [0.2, 0.25) is 0 Å². The number of amides is 1. The van der Waals surface area contributed by atoms with Crippen molar-refractivity contribution < 1.29 is 9.90 Å². The summed E-state index contributed by atoms with van der Waals surface area (Å²) < 4.78 is 0. The van der Waals surface area contributed by atoms with Crippen molar-refractivity contribution in [1.82, 2.24) is 5.32 Å². The summed E-state index contributed by atoms with van der Waals surface area (Å²) in [6.45, 7) is 2.10. The summed E-state index contributed by atoms with van der Waals surface area (Å²) >= 11 is 0. The van der Waals surface area contributed by atoms with Gasteiger partial charge in [0, 0.05) is 6.42 Å². The Hall–Kier alpha value is -0.610. The van der Waals surface area contributed by atoms with Crippen LogP contribution in [0.3, 0.4) is 0 Å². The van der Waals surface area contributed by atoms with Crippen molar-refractivity contribution in [2.75, 3.05) is 0 Å². The molecule has 1 saturated carbocycles. The maximum absolute atomic E-state index is 11.2. The van der Waals surface area contributed by atoms with Crippen LogP contribution in [0.5, 0.6) is 0 Å². The summed E-state index contributed by atoms with van der Waals surface area (Å²) in [5.74, 6) is 0.00505. The third-order valence-electron chi connectivity index (χ3n) is 2.37. The first kappa shape index (κ1) is 10.5. The molecule has 76 valence electrons. The van der Waals surface area contributed by atoms with Crippen molar-refractivity contribution in [1.29, 1.82) is 0 Å². The van der Waals surface area contributed by atoms with Crippen molar-refractivity contribution in [3.05, 3.63) is 0 Å². The number of aliphatic hydroxyl groups is 1. The maximum atomic E-state index is 11.2. The topological polar surface area (TPSA) is 75.4 Å². The molecule has 1 rings (SSSR count). The zero-order valence-electron chi connectivity index (χ0n) is 7.99. The first-order valence-corrected chi connectivity index (χ1v) is 4.89. The molecule has 3 atom stereocenters. The van der Waals surface area contributed by atoms with Crippen LogP contribution in [0, 0.1) is 0 Å². The van der Waals surface area contributed by atoms with E-state index in [1.807, 2.05) is 0 Å². The van der Waals surface area contributed by atoms with Crippen molar-refractivity contribution in [2.45, 2.75) is 50.8 Å².